The van der Waals surface area contributed by atoms with Crippen LogP contribution in [-0.2, 0) is 9.53 Å². The van der Waals surface area contributed by atoms with E-state index >= 15 is 0 Å². The van der Waals surface area contributed by atoms with Gasteiger partial charge >= 0.3 is 5.97 Å². The molecule has 2 aliphatic heterocycles. The molecule has 0 radical (unpaired) electrons. The number of thiazole rings is 1. The molecule has 9 nitrogen and oxygen atoms in total. The van der Waals surface area contributed by atoms with Gasteiger partial charge in [-0.3, -0.25) is 19.5 Å². The molecule has 3 aromatic carbocycles. The second-order valence-corrected chi connectivity index (χ2v) is 11.2. The SMILES string of the molecule is CCOC(=O)C1=C(c2ccccc2)N=c2s/c(=C/c3cc([N+](=O)[O-])ccc3N3CCCC3)c(=O)n2[C@@H]1c1ccc(F)cc1. The van der Waals surface area contributed by atoms with Gasteiger partial charge in [-0.05, 0) is 49.6 Å². The number of nitro groups is 1. The normalized spacial score (nSPS) is 16.7. The summed E-state index contributed by atoms with van der Waals surface area (Å²) in [4.78, 5) is 46.2. The van der Waals surface area contributed by atoms with Crippen LogP contribution < -0.4 is 19.8 Å². The monoisotopic (exact) mass is 598 g/mol. The molecule has 218 valence electrons. The van der Waals surface area contributed by atoms with Crippen molar-refractivity contribution in [2.45, 2.75) is 25.8 Å². The molecule has 1 fully saturated rings. The van der Waals surface area contributed by atoms with E-state index in [1.807, 2.05) is 30.3 Å². The molecule has 1 aromatic heterocycles. The molecule has 0 N–H and O–H groups in total. The molecule has 3 heterocycles. The lowest BCUT2D eigenvalue weighted by atomic mass is 9.93. The maximum Gasteiger partial charge on any atom is 0.338 e. The van der Waals surface area contributed by atoms with Crippen LogP contribution >= 0.6 is 11.3 Å². The summed E-state index contributed by atoms with van der Waals surface area (Å²) in [5, 5.41) is 11.6. The highest BCUT2D eigenvalue weighted by Gasteiger charge is 2.35. The molecule has 4 aromatic rings. The number of ether oxygens (including phenoxy) is 1. The first-order valence-electron chi connectivity index (χ1n) is 13.9. The molecular weight excluding hydrogens is 571 g/mol. The van der Waals surface area contributed by atoms with Crippen LogP contribution in [-0.4, -0.2) is 35.2 Å². The van der Waals surface area contributed by atoms with Crippen molar-refractivity contribution >= 4 is 40.5 Å². The Kier molecular flexibility index (Phi) is 7.73. The second kappa shape index (κ2) is 11.8. The minimum Gasteiger partial charge on any atom is -0.463 e. The van der Waals surface area contributed by atoms with Gasteiger partial charge in [0, 0.05) is 42.0 Å². The minimum atomic E-state index is -0.948. The van der Waals surface area contributed by atoms with Gasteiger partial charge in [-0.1, -0.05) is 53.8 Å². The Bertz CT molecular complexity index is 1930. The Morgan fingerprint density at radius 1 is 1.12 bits per heavy atom. The number of rotatable bonds is 7. The summed E-state index contributed by atoms with van der Waals surface area (Å²) in [6, 6.07) is 18.5. The Morgan fingerprint density at radius 2 is 1.84 bits per heavy atom. The van der Waals surface area contributed by atoms with Crippen LogP contribution in [0.1, 0.15) is 42.5 Å². The van der Waals surface area contributed by atoms with Crippen molar-refractivity contribution in [3.63, 3.8) is 0 Å². The fraction of sp³-hybridized carbons (Fsp3) is 0.219. The van der Waals surface area contributed by atoms with Crippen molar-refractivity contribution in [2.75, 3.05) is 24.6 Å². The van der Waals surface area contributed by atoms with Gasteiger partial charge in [0.1, 0.15) is 5.82 Å². The van der Waals surface area contributed by atoms with Crippen LogP contribution in [0.25, 0.3) is 11.8 Å². The third kappa shape index (κ3) is 5.39. The Morgan fingerprint density at radius 3 is 2.51 bits per heavy atom. The van der Waals surface area contributed by atoms with Gasteiger partial charge in [0.15, 0.2) is 4.80 Å². The van der Waals surface area contributed by atoms with E-state index in [9.17, 15) is 24.1 Å². The predicted molar refractivity (Wildman–Crippen MR) is 162 cm³/mol. The average Bonchev–Trinajstić information content (AvgIpc) is 3.65. The first-order chi connectivity index (χ1) is 20.9. The van der Waals surface area contributed by atoms with Crippen molar-refractivity contribution in [1.82, 2.24) is 4.57 Å². The number of aromatic nitrogens is 1. The van der Waals surface area contributed by atoms with Crippen LogP contribution in [0.5, 0.6) is 0 Å². The van der Waals surface area contributed by atoms with Crippen molar-refractivity contribution < 1.29 is 18.8 Å². The van der Waals surface area contributed by atoms with E-state index in [0.29, 0.717) is 31.7 Å². The van der Waals surface area contributed by atoms with Gasteiger partial charge in [0.25, 0.3) is 11.2 Å². The summed E-state index contributed by atoms with van der Waals surface area (Å²) in [5.74, 6) is -1.09. The molecular formula is C32H27FN4O5S. The quantitative estimate of drug-likeness (QED) is 0.175. The predicted octanol–water partition coefficient (Wildman–Crippen LogP) is 4.58. The Hall–Kier alpha value is -4.90. The summed E-state index contributed by atoms with van der Waals surface area (Å²) in [6.45, 7) is 3.43. The van der Waals surface area contributed by atoms with Crippen molar-refractivity contribution in [1.29, 1.82) is 0 Å². The van der Waals surface area contributed by atoms with Crippen molar-refractivity contribution in [2.24, 2.45) is 4.99 Å². The highest BCUT2D eigenvalue weighted by atomic mass is 32.1. The van der Waals surface area contributed by atoms with E-state index in [-0.39, 0.29) is 17.9 Å². The number of benzene rings is 3. The van der Waals surface area contributed by atoms with Crippen LogP contribution in [0.4, 0.5) is 15.8 Å². The zero-order valence-electron chi connectivity index (χ0n) is 23.2. The zero-order valence-corrected chi connectivity index (χ0v) is 24.1. The number of carbonyl (C=O) groups is 1. The molecule has 0 spiro atoms. The lowest BCUT2D eigenvalue weighted by molar-refractivity contribution is -0.384. The lowest BCUT2D eigenvalue weighted by Gasteiger charge is -2.25. The number of nitrogens with zero attached hydrogens (tertiary/aromatic N) is 4. The fourth-order valence-corrected chi connectivity index (χ4v) is 6.55. The zero-order chi connectivity index (χ0) is 30.1. The number of anilines is 1. The van der Waals surface area contributed by atoms with E-state index in [1.165, 1.54) is 41.0 Å². The maximum absolute atomic E-state index is 14.2. The molecule has 0 unspecified atom stereocenters. The average molecular weight is 599 g/mol. The number of hydrogen-bond acceptors (Lipinski definition) is 8. The van der Waals surface area contributed by atoms with E-state index in [0.717, 1.165) is 43.0 Å². The molecule has 1 saturated heterocycles. The Balaban J connectivity index is 1.63. The van der Waals surface area contributed by atoms with Crippen LogP contribution in [0.2, 0.25) is 0 Å². The molecule has 0 amide bonds. The number of carbonyl (C=O) groups excluding carboxylic acids is 1. The number of nitro benzene ring substituents is 1. The van der Waals surface area contributed by atoms with Gasteiger partial charge in [-0.2, -0.15) is 0 Å². The first kappa shape index (κ1) is 28.2. The molecule has 0 saturated carbocycles. The first-order valence-corrected chi connectivity index (χ1v) is 14.7. The van der Waals surface area contributed by atoms with Crippen LogP contribution in [0, 0.1) is 15.9 Å². The maximum atomic E-state index is 14.2. The van der Waals surface area contributed by atoms with E-state index in [2.05, 4.69) is 4.90 Å². The molecule has 1 atom stereocenters. The highest BCUT2D eigenvalue weighted by molar-refractivity contribution is 7.07. The highest BCUT2D eigenvalue weighted by Crippen LogP contribution is 2.35. The van der Waals surface area contributed by atoms with Crippen LogP contribution in [0.15, 0.2) is 88.2 Å². The van der Waals surface area contributed by atoms with Gasteiger partial charge in [0.05, 0.1) is 33.4 Å². The van der Waals surface area contributed by atoms with Crippen LogP contribution in [0.3, 0.4) is 0 Å². The molecule has 43 heavy (non-hydrogen) atoms. The fourth-order valence-electron chi connectivity index (χ4n) is 5.56. The van der Waals surface area contributed by atoms with E-state index in [1.54, 1.807) is 19.1 Å². The third-order valence-electron chi connectivity index (χ3n) is 7.51. The minimum absolute atomic E-state index is 0.0814. The summed E-state index contributed by atoms with van der Waals surface area (Å²) in [7, 11) is 0. The molecule has 11 heteroatoms. The molecule has 6 rings (SSSR count). The summed E-state index contributed by atoms with van der Waals surface area (Å²) in [6.07, 6.45) is 3.67. The second-order valence-electron chi connectivity index (χ2n) is 10.2. The topological polar surface area (TPSA) is 107 Å². The number of halogens is 1. The van der Waals surface area contributed by atoms with E-state index < -0.39 is 28.3 Å². The summed E-state index contributed by atoms with van der Waals surface area (Å²) >= 11 is 1.13. The molecule has 2 aliphatic rings. The number of fused-ring (bicyclic) bond motifs is 1. The van der Waals surface area contributed by atoms with Crippen molar-refractivity contribution in [3.05, 3.63) is 131 Å². The third-order valence-corrected chi connectivity index (χ3v) is 8.50. The van der Waals surface area contributed by atoms with Crippen molar-refractivity contribution in [3.8, 4) is 0 Å². The summed E-state index contributed by atoms with van der Waals surface area (Å²) in [5.41, 5.74) is 2.53. The number of non-ortho nitro benzene ring substituents is 1. The van der Waals surface area contributed by atoms with E-state index in [4.69, 9.17) is 9.73 Å². The molecule has 0 bridgehead atoms. The van der Waals surface area contributed by atoms with Gasteiger partial charge < -0.3 is 9.64 Å². The smallest absolute Gasteiger partial charge is 0.338 e. The van der Waals surface area contributed by atoms with Gasteiger partial charge in [-0.25, -0.2) is 14.2 Å². The standard InChI is InChI=1S/C32H27FN4O5S/c1-2-42-31(39)27-28(20-8-4-3-5-9-20)34-32-36(29(27)21-10-12-23(33)13-11-21)30(38)26(43-32)19-22-18-24(37(40)41)14-15-25(22)35-16-6-7-17-35/h3-5,8-15,18-19,29H,2,6-7,16-17H2,1H3/b26-19+/t29-/m1/s1. The van der Waals surface area contributed by atoms with Gasteiger partial charge in [0.2, 0.25) is 0 Å². The van der Waals surface area contributed by atoms with Gasteiger partial charge in [-0.15, -0.1) is 0 Å². The Labute approximate surface area is 249 Å². The number of esters is 1. The largest absolute Gasteiger partial charge is 0.463 e. The molecule has 0 aliphatic carbocycles. The summed E-state index contributed by atoms with van der Waals surface area (Å²) < 4.78 is 21.2. The number of hydrogen-bond donors (Lipinski definition) is 0. The lowest BCUT2D eigenvalue weighted by Crippen LogP contribution is -2.40.